The van der Waals surface area contributed by atoms with Crippen molar-refractivity contribution in [2.24, 2.45) is 0 Å². The number of aryl methyl sites for hydroxylation is 1. The monoisotopic (exact) mass is 260 g/mol. The maximum atomic E-state index is 13.6. The maximum absolute atomic E-state index is 13.6. The molecule has 4 heteroatoms. The first kappa shape index (κ1) is 12.4. The minimum absolute atomic E-state index is 0.0886. The maximum Gasteiger partial charge on any atom is 0.208 e. The molecule has 19 heavy (non-hydrogen) atoms. The van der Waals surface area contributed by atoms with Crippen LogP contribution < -0.4 is 5.32 Å². The standard InChI is InChI=1S/C15H17FN2O/c1-10-8-18-15(19-10)9-17-12-6-11(7-12)13-4-2-3-5-14(13)16/h2-5,8,11-12,17H,6-7,9H2,1H3. The third-order valence-electron chi connectivity index (χ3n) is 3.69. The number of oxazole rings is 1. The van der Waals surface area contributed by atoms with Gasteiger partial charge in [-0.15, -0.1) is 0 Å². The van der Waals surface area contributed by atoms with Crippen molar-refractivity contribution >= 4 is 0 Å². The molecule has 1 N–H and O–H groups in total. The zero-order chi connectivity index (χ0) is 13.2. The van der Waals surface area contributed by atoms with Gasteiger partial charge in [-0.2, -0.15) is 0 Å². The molecule has 1 fully saturated rings. The van der Waals surface area contributed by atoms with Gasteiger partial charge in [0, 0.05) is 6.04 Å². The highest BCUT2D eigenvalue weighted by atomic mass is 19.1. The number of hydrogen-bond acceptors (Lipinski definition) is 3. The van der Waals surface area contributed by atoms with E-state index in [2.05, 4.69) is 10.3 Å². The molecule has 0 radical (unpaired) electrons. The highest BCUT2D eigenvalue weighted by molar-refractivity contribution is 5.24. The van der Waals surface area contributed by atoms with Crippen LogP contribution in [0, 0.1) is 12.7 Å². The minimum Gasteiger partial charge on any atom is -0.445 e. The zero-order valence-electron chi connectivity index (χ0n) is 10.9. The highest BCUT2D eigenvalue weighted by Crippen LogP contribution is 2.37. The summed E-state index contributed by atoms with van der Waals surface area (Å²) in [6.07, 6.45) is 3.67. The first-order valence-electron chi connectivity index (χ1n) is 6.61. The van der Waals surface area contributed by atoms with E-state index in [9.17, 15) is 4.39 Å². The first-order chi connectivity index (χ1) is 9.22. The molecule has 0 unspecified atom stereocenters. The summed E-state index contributed by atoms with van der Waals surface area (Å²) in [7, 11) is 0. The van der Waals surface area contributed by atoms with Gasteiger partial charge in [0.05, 0.1) is 12.7 Å². The molecule has 1 aliphatic carbocycles. The summed E-state index contributed by atoms with van der Waals surface area (Å²) in [5.74, 6) is 1.79. The van der Waals surface area contributed by atoms with E-state index in [1.807, 2.05) is 19.1 Å². The molecule has 1 aliphatic rings. The second kappa shape index (κ2) is 5.13. The average Bonchev–Trinajstić information content (AvgIpc) is 2.75. The lowest BCUT2D eigenvalue weighted by Gasteiger charge is -2.36. The Kier molecular flexibility index (Phi) is 3.34. The SMILES string of the molecule is Cc1cnc(CNC2CC(c3ccccc3F)C2)o1. The van der Waals surface area contributed by atoms with Crippen LogP contribution in [0.15, 0.2) is 34.9 Å². The fourth-order valence-corrected chi connectivity index (χ4v) is 2.56. The van der Waals surface area contributed by atoms with Crippen molar-refractivity contribution in [1.82, 2.24) is 10.3 Å². The molecule has 3 nitrogen and oxygen atoms in total. The third kappa shape index (κ3) is 2.68. The molecule has 0 atom stereocenters. The second-order valence-electron chi connectivity index (χ2n) is 5.13. The number of nitrogens with zero attached hydrogens (tertiary/aromatic N) is 1. The molecule has 0 spiro atoms. The van der Waals surface area contributed by atoms with Gasteiger partial charge in [0.15, 0.2) is 0 Å². The van der Waals surface area contributed by atoms with Crippen LogP contribution in [0.25, 0.3) is 0 Å². The van der Waals surface area contributed by atoms with Crippen LogP contribution in [-0.4, -0.2) is 11.0 Å². The molecule has 3 rings (SSSR count). The Balaban J connectivity index is 1.49. The molecule has 0 saturated heterocycles. The summed E-state index contributed by atoms with van der Waals surface area (Å²) in [6.45, 7) is 2.52. The van der Waals surface area contributed by atoms with Crippen LogP contribution in [0.2, 0.25) is 0 Å². The first-order valence-corrected chi connectivity index (χ1v) is 6.61. The van der Waals surface area contributed by atoms with Gasteiger partial charge in [0.1, 0.15) is 11.6 Å². The van der Waals surface area contributed by atoms with Gasteiger partial charge in [-0.1, -0.05) is 18.2 Å². The van der Waals surface area contributed by atoms with Crippen molar-refractivity contribution in [2.75, 3.05) is 0 Å². The number of rotatable bonds is 4. The normalized spacial score (nSPS) is 22.2. The summed E-state index contributed by atoms with van der Waals surface area (Å²) < 4.78 is 19.0. The van der Waals surface area contributed by atoms with Crippen molar-refractivity contribution in [3.05, 3.63) is 53.5 Å². The molecule has 2 aromatic rings. The third-order valence-corrected chi connectivity index (χ3v) is 3.69. The number of benzene rings is 1. The van der Waals surface area contributed by atoms with Crippen molar-refractivity contribution in [3.8, 4) is 0 Å². The van der Waals surface area contributed by atoms with Crippen LogP contribution >= 0.6 is 0 Å². The van der Waals surface area contributed by atoms with Gasteiger partial charge in [0.25, 0.3) is 0 Å². The van der Waals surface area contributed by atoms with E-state index < -0.39 is 0 Å². The van der Waals surface area contributed by atoms with E-state index in [4.69, 9.17) is 4.42 Å². The molecule has 100 valence electrons. The van der Waals surface area contributed by atoms with Crippen LogP contribution in [0.1, 0.15) is 36.0 Å². The molecule has 0 aliphatic heterocycles. The van der Waals surface area contributed by atoms with Gasteiger partial charge in [-0.3, -0.25) is 0 Å². The van der Waals surface area contributed by atoms with E-state index in [0.29, 0.717) is 24.4 Å². The quantitative estimate of drug-likeness (QED) is 0.917. The predicted molar refractivity (Wildman–Crippen MR) is 70.2 cm³/mol. The van der Waals surface area contributed by atoms with Crippen molar-refractivity contribution in [2.45, 2.75) is 38.3 Å². The van der Waals surface area contributed by atoms with Gasteiger partial charge < -0.3 is 9.73 Å². The summed E-state index contributed by atoms with van der Waals surface area (Å²) in [4.78, 5) is 4.15. The Morgan fingerprint density at radius 1 is 1.37 bits per heavy atom. The number of aromatic nitrogens is 1. The molecule has 1 aromatic carbocycles. The highest BCUT2D eigenvalue weighted by Gasteiger charge is 2.31. The van der Waals surface area contributed by atoms with Crippen LogP contribution in [-0.2, 0) is 6.54 Å². The van der Waals surface area contributed by atoms with E-state index in [0.717, 1.165) is 24.2 Å². The number of hydrogen-bond donors (Lipinski definition) is 1. The van der Waals surface area contributed by atoms with Crippen molar-refractivity contribution in [1.29, 1.82) is 0 Å². The fourth-order valence-electron chi connectivity index (χ4n) is 2.56. The lowest BCUT2D eigenvalue weighted by molar-refractivity contribution is 0.274. The Morgan fingerprint density at radius 3 is 2.84 bits per heavy atom. The largest absolute Gasteiger partial charge is 0.445 e. The van der Waals surface area contributed by atoms with Crippen LogP contribution in [0.3, 0.4) is 0 Å². The molecule has 0 bridgehead atoms. The lowest BCUT2D eigenvalue weighted by Crippen LogP contribution is -2.39. The summed E-state index contributed by atoms with van der Waals surface area (Å²) in [5, 5.41) is 3.39. The molecular formula is C15H17FN2O. The second-order valence-corrected chi connectivity index (χ2v) is 5.13. The smallest absolute Gasteiger partial charge is 0.208 e. The minimum atomic E-state index is -0.0886. The average molecular weight is 260 g/mol. The van der Waals surface area contributed by atoms with Crippen LogP contribution in [0.5, 0.6) is 0 Å². The Morgan fingerprint density at radius 2 is 2.16 bits per heavy atom. The van der Waals surface area contributed by atoms with Gasteiger partial charge >= 0.3 is 0 Å². The molecule has 0 amide bonds. The van der Waals surface area contributed by atoms with E-state index in [1.54, 1.807) is 12.3 Å². The topological polar surface area (TPSA) is 38.1 Å². The predicted octanol–water partition coefficient (Wildman–Crippen LogP) is 3.16. The Hall–Kier alpha value is -1.68. The van der Waals surface area contributed by atoms with Gasteiger partial charge in [0.2, 0.25) is 5.89 Å². The summed E-state index contributed by atoms with van der Waals surface area (Å²) >= 11 is 0. The Bertz CT molecular complexity index is 561. The van der Waals surface area contributed by atoms with Crippen molar-refractivity contribution in [3.63, 3.8) is 0 Å². The fraction of sp³-hybridized carbons (Fsp3) is 0.400. The molecule has 1 heterocycles. The van der Waals surface area contributed by atoms with Crippen LogP contribution in [0.4, 0.5) is 4.39 Å². The molecular weight excluding hydrogens is 243 g/mol. The van der Waals surface area contributed by atoms with Gasteiger partial charge in [-0.25, -0.2) is 9.37 Å². The molecule has 1 aromatic heterocycles. The zero-order valence-corrected chi connectivity index (χ0v) is 10.9. The van der Waals surface area contributed by atoms with E-state index in [1.165, 1.54) is 6.07 Å². The summed E-state index contributed by atoms with van der Waals surface area (Å²) in [6, 6.07) is 7.48. The number of halogens is 1. The Labute approximate surface area is 111 Å². The van der Waals surface area contributed by atoms with Gasteiger partial charge in [-0.05, 0) is 37.3 Å². The molecule has 1 saturated carbocycles. The lowest BCUT2D eigenvalue weighted by atomic mass is 9.75. The van der Waals surface area contributed by atoms with E-state index >= 15 is 0 Å². The summed E-state index contributed by atoms with van der Waals surface area (Å²) in [5.41, 5.74) is 0.840. The van der Waals surface area contributed by atoms with Crippen molar-refractivity contribution < 1.29 is 8.81 Å². The van der Waals surface area contributed by atoms with E-state index in [-0.39, 0.29) is 5.82 Å². The number of nitrogens with one attached hydrogen (secondary N) is 1.